The summed E-state index contributed by atoms with van der Waals surface area (Å²) >= 11 is 0. The molecule has 0 radical (unpaired) electrons. The van der Waals surface area contributed by atoms with Gasteiger partial charge in [0.1, 0.15) is 0 Å². The quantitative estimate of drug-likeness (QED) is 0.836. The zero-order valence-electron chi connectivity index (χ0n) is 11.2. The van der Waals surface area contributed by atoms with Crippen LogP contribution in [0.15, 0.2) is 30.3 Å². The van der Waals surface area contributed by atoms with Crippen molar-refractivity contribution in [2.45, 2.75) is 32.4 Å². The maximum Gasteiger partial charge on any atom is 0.233 e. The second-order valence-electron chi connectivity index (χ2n) is 5.05. The zero-order valence-corrected chi connectivity index (χ0v) is 11.2. The lowest BCUT2D eigenvalue weighted by Gasteiger charge is -2.31. The van der Waals surface area contributed by atoms with Crippen LogP contribution in [0.25, 0.3) is 0 Å². The molecule has 1 saturated heterocycles. The van der Waals surface area contributed by atoms with E-state index in [1.165, 1.54) is 4.90 Å². The van der Waals surface area contributed by atoms with Crippen molar-refractivity contribution >= 4 is 12.3 Å². The fraction of sp³-hybridized carbons (Fsp3) is 0.467. The van der Waals surface area contributed by atoms with E-state index in [0.717, 1.165) is 24.9 Å². The highest BCUT2D eigenvalue weighted by atomic mass is 16.2. The molecule has 1 aliphatic rings. The van der Waals surface area contributed by atoms with Crippen LogP contribution < -0.4 is 5.32 Å². The number of amides is 2. The van der Waals surface area contributed by atoms with E-state index in [1.54, 1.807) is 0 Å². The highest BCUT2D eigenvalue weighted by molar-refractivity contribution is 5.88. The lowest BCUT2D eigenvalue weighted by Crippen LogP contribution is -2.47. The molecule has 1 fully saturated rings. The Morgan fingerprint density at radius 1 is 1.42 bits per heavy atom. The Bertz CT molecular complexity index is 433. The monoisotopic (exact) mass is 260 g/mol. The zero-order chi connectivity index (χ0) is 13.7. The number of rotatable bonds is 4. The van der Waals surface area contributed by atoms with E-state index in [9.17, 15) is 9.59 Å². The number of nitrogens with zero attached hydrogens (tertiary/aromatic N) is 1. The van der Waals surface area contributed by atoms with Crippen molar-refractivity contribution in [1.82, 2.24) is 10.2 Å². The van der Waals surface area contributed by atoms with E-state index in [4.69, 9.17) is 0 Å². The van der Waals surface area contributed by atoms with Crippen LogP contribution in [-0.4, -0.2) is 29.8 Å². The van der Waals surface area contributed by atoms with E-state index in [-0.39, 0.29) is 17.9 Å². The predicted molar refractivity (Wildman–Crippen MR) is 73.2 cm³/mol. The third-order valence-corrected chi connectivity index (χ3v) is 3.69. The molecule has 4 nitrogen and oxygen atoms in total. The summed E-state index contributed by atoms with van der Waals surface area (Å²) in [4.78, 5) is 24.9. The molecule has 2 amide bonds. The molecule has 2 atom stereocenters. The third-order valence-electron chi connectivity index (χ3n) is 3.69. The van der Waals surface area contributed by atoms with Crippen molar-refractivity contribution in [3.63, 3.8) is 0 Å². The van der Waals surface area contributed by atoms with Gasteiger partial charge in [-0.05, 0) is 31.9 Å². The second kappa shape index (κ2) is 6.48. The number of piperidine rings is 1. The lowest BCUT2D eigenvalue weighted by molar-refractivity contribution is -0.143. The largest absolute Gasteiger partial charge is 0.313 e. The highest BCUT2D eigenvalue weighted by Crippen LogP contribution is 2.19. The number of carbonyl (C=O) groups excluding carboxylic acids is 2. The van der Waals surface area contributed by atoms with Gasteiger partial charge in [-0.25, -0.2) is 0 Å². The molecule has 0 aliphatic carbocycles. The van der Waals surface area contributed by atoms with Gasteiger partial charge in [-0.15, -0.1) is 0 Å². The van der Waals surface area contributed by atoms with Gasteiger partial charge in [-0.3, -0.25) is 14.5 Å². The molecule has 0 saturated carbocycles. The van der Waals surface area contributed by atoms with Crippen LogP contribution >= 0.6 is 0 Å². The van der Waals surface area contributed by atoms with Crippen LogP contribution in [0.4, 0.5) is 0 Å². The first-order chi connectivity index (χ1) is 9.22. The molecule has 2 rings (SSSR count). The fourth-order valence-corrected chi connectivity index (χ4v) is 2.54. The van der Waals surface area contributed by atoms with Gasteiger partial charge in [0.15, 0.2) is 0 Å². The van der Waals surface area contributed by atoms with Gasteiger partial charge < -0.3 is 5.32 Å². The summed E-state index contributed by atoms with van der Waals surface area (Å²) in [5, 5.41) is 3.29. The summed E-state index contributed by atoms with van der Waals surface area (Å²) in [5.74, 6) is -0.166. The summed E-state index contributed by atoms with van der Waals surface area (Å²) in [5.41, 5.74) is 0.972. The minimum Gasteiger partial charge on any atom is -0.313 e. The van der Waals surface area contributed by atoms with Crippen LogP contribution in [0.1, 0.15) is 25.3 Å². The third kappa shape index (κ3) is 3.41. The van der Waals surface area contributed by atoms with Gasteiger partial charge in [0.05, 0.1) is 12.5 Å². The summed E-state index contributed by atoms with van der Waals surface area (Å²) < 4.78 is 0. The first-order valence-electron chi connectivity index (χ1n) is 6.75. The normalized spacial score (nSPS) is 22.8. The van der Waals surface area contributed by atoms with E-state index in [2.05, 4.69) is 5.32 Å². The van der Waals surface area contributed by atoms with E-state index in [1.807, 2.05) is 37.3 Å². The molecule has 0 bridgehead atoms. The Balaban J connectivity index is 2.04. The van der Waals surface area contributed by atoms with Gasteiger partial charge in [0.25, 0.3) is 0 Å². The van der Waals surface area contributed by atoms with Crippen LogP contribution in [0.5, 0.6) is 0 Å². The number of carbonyl (C=O) groups is 2. The lowest BCUT2D eigenvalue weighted by atomic mass is 9.90. The molecule has 1 heterocycles. The molecule has 0 aromatic heterocycles. The Labute approximate surface area is 113 Å². The molecule has 1 N–H and O–H groups in total. The summed E-state index contributed by atoms with van der Waals surface area (Å²) in [6.45, 7) is 3.31. The van der Waals surface area contributed by atoms with Crippen molar-refractivity contribution in [2.24, 2.45) is 5.92 Å². The van der Waals surface area contributed by atoms with Crippen LogP contribution in [0, 0.1) is 5.92 Å². The second-order valence-corrected chi connectivity index (χ2v) is 5.05. The predicted octanol–water partition coefficient (Wildman–Crippen LogP) is 1.56. The van der Waals surface area contributed by atoms with E-state index >= 15 is 0 Å². The first-order valence-corrected chi connectivity index (χ1v) is 6.75. The van der Waals surface area contributed by atoms with Gasteiger partial charge in [0.2, 0.25) is 12.3 Å². The SMILES string of the molecule is CC1NCCCC1C(=O)N(C=O)Cc1ccccc1. The summed E-state index contributed by atoms with van der Waals surface area (Å²) in [7, 11) is 0. The Kier molecular flexibility index (Phi) is 4.68. The van der Waals surface area contributed by atoms with Crippen molar-refractivity contribution in [3.05, 3.63) is 35.9 Å². The molecule has 1 aromatic carbocycles. The van der Waals surface area contributed by atoms with E-state index in [0.29, 0.717) is 13.0 Å². The average Bonchev–Trinajstić information content (AvgIpc) is 2.46. The highest BCUT2D eigenvalue weighted by Gasteiger charge is 2.30. The molecule has 2 unspecified atom stereocenters. The minimum absolute atomic E-state index is 0.0708. The molecule has 1 aliphatic heterocycles. The number of nitrogens with one attached hydrogen (secondary N) is 1. The summed E-state index contributed by atoms with van der Waals surface area (Å²) in [6.07, 6.45) is 2.49. The summed E-state index contributed by atoms with van der Waals surface area (Å²) in [6, 6.07) is 9.73. The topological polar surface area (TPSA) is 49.4 Å². The fourth-order valence-electron chi connectivity index (χ4n) is 2.54. The molecule has 4 heteroatoms. The van der Waals surface area contributed by atoms with Crippen LogP contribution in [0.3, 0.4) is 0 Å². The maximum absolute atomic E-state index is 12.4. The maximum atomic E-state index is 12.4. The Morgan fingerprint density at radius 3 is 2.79 bits per heavy atom. The number of benzene rings is 1. The van der Waals surface area contributed by atoms with Gasteiger partial charge >= 0.3 is 0 Å². The number of hydrogen-bond donors (Lipinski definition) is 1. The molecular weight excluding hydrogens is 240 g/mol. The van der Waals surface area contributed by atoms with Gasteiger partial charge in [-0.1, -0.05) is 30.3 Å². The average molecular weight is 260 g/mol. The molecule has 1 aromatic rings. The number of imide groups is 1. The van der Waals surface area contributed by atoms with Crippen molar-refractivity contribution in [2.75, 3.05) is 6.54 Å². The molecule has 19 heavy (non-hydrogen) atoms. The van der Waals surface area contributed by atoms with Crippen molar-refractivity contribution in [1.29, 1.82) is 0 Å². The van der Waals surface area contributed by atoms with Crippen molar-refractivity contribution in [3.8, 4) is 0 Å². The van der Waals surface area contributed by atoms with Crippen molar-refractivity contribution < 1.29 is 9.59 Å². The first kappa shape index (κ1) is 13.7. The van der Waals surface area contributed by atoms with Crippen LogP contribution in [0.2, 0.25) is 0 Å². The smallest absolute Gasteiger partial charge is 0.233 e. The van der Waals surface area contributed by atoms with E-state index < -0.39 is 0 Å². The number of hydrogen-bond acceptors (Lipinski definition) is 3. The Hall–Kier alpha value is -1.68. The van der Waals surface area contributed by atoms with Crippen LogP contribution in [-0.2, 0) is 16.1 Å². The Morgan fingerprint density at radius 2 is 2.16 bits per heavy atom. The van der Waals surface area contributed by atoms with Gasteiger partial charge in [-0.2, -0.15) is 0 Å². The molecule has 102 valence electrons. The molecular formula is C15H20N2O2. The van der Waals surface area contributed by atoms with Gasteiger partial charge in [0, 0.05) is 6.04 Å². The standard InChI is InChI=1S/C15H20N2O2/c1-12-14(8-5-9-16-12)15(19)17(11-18)10-13-6-3-2-4-7-13/h2-4,6-7,11-12,14,16H,5,8-10H2,1H3. The molecule has 0 spiro atoms. The minimum atomic E-state index is -0.0948.